The number of nitrogens with zero attached hydrogens (tertiary/aromatic N) is 3. The molecule has 9 nitrogen and oxygen atoms in total. The fourth-order valence-electron chi connectivity index (χ4n) is 4.07. The van der Waals surface area contributed by atoms with E-state index in [2.05, 4.69) is 20.7 Å². The Labute approximate surface area is 204 Å². The van der Waals surface area contributed by atoms with Crippen molar-refractivity contribution in [1.29, 1.82) is 0 Å². The molecule has 0 bridgehead atoms. The summed E-state index contributed by atoms with van der Waals surface area (Å²) in [5, 5.41) is 20.0. The van der Waals surface area contributed by atoms with Crippen LogP contribution in [-0.4, -0.2) is 50.4 Å². The Bertz CT molecular complexity index is 1180. The maximum absolute atomic E-state index is 12.9. The zero-order valence-electron chi connectivity index (χ0n) is 20.5. The first-order chi connectivity index (χ1) is 16.9. The number of hydrogen-bond donors (Lipinski definition) is 3. The number of carbonyl (C=O) groups is 2. The lowest BCUT2D eigenvalue weighted by Gasteiger charge is -2.13. The Morgan fingerprint density at radius 3 is 2.57 bits per heavy atom. The maximum Gasteiger partial charge on any atom is 0.288 e. The summed E-state index contributed by atoms with van der Waals surface area (Å²) in [4.78, 5) is 29.7. The number of aromatic nitrogens is 3. The summed E-state index contributed by atoms with van der Waals surface area (Å²) in [6, 6.07) is 9.35. The second-order valence-electron chi connectivity index (χ2n) is 9.06. The number of benzene rings is 1. The standard InChI is InChI=1S/C26H33N5O4/c1-4-20(5-2)29-25(34)23-15-27-26(35-23)19-8-6-7-18(13-19)21-14-22(31(30-21)11-12-32)24(33)28-16(3)17-9-10-17/h6-8,13-17,20,32H,4-5,9-12H2,1-3H3,(H,28,33)(H,29,34)/t16-/m1/s1. The van der Waals surface area contributed by atoms with E-state index < -0.39 is 0 Å². The second kappa shape index (κ2) is 10.9. The molecule has 35 heavy (non-hydrogen) atoms. The average molecular weight is 480 g/mol. The van der Waals surface area contributed by atoms with Gasteiger partial charge >= 0.3 is 0 Å². The molecule has 2 amide bonds. The van der Waals surface area contributed by atoms with Gasteiger partial charge in [0.25, 0.3) is 11.8 Å². The third kappa shape index (κ3) is 5.79. The molecule has 0 radical (unpaired) electrons. The van der Waals surface area contributed by atoms with Crippen LogP contribution >= 0.6 is 0 Å². The molecule has 1 aromatic carbocycles. The largest absolute Gasteiger partial charge is 0.431 e. The molecule has 1 aliphatic carbocycles. The number of hydrogen-bond acceptors (Lipinski definition) is 6. The van der Waals surface area contributed by atoms with Gasteiger partial charge in [0.05, 0.1) is 25.0 Å². The zero-order valence-corrected chi connectivity index (χ0v) is 20.5. The second-order valence-corrected chi connectivity index (χ2v) is 9.06. The quantitative estimate of drug-likeness (QED) is 0.386. The number of rotatable bonds is 11. The van der Waals surface area contributed by atoms with Crippen LogP contribution in [0, 0.1) is 5.92 Å². The topological polar surface area (TPSA) is 122 Å². The van der Waals surface area contributed by atoms with E-state index in [-0.39, 0.29) is 42.8 Å². The fraction of sp³-hybridized carbons (Fsp3) is 0.462. The monoisotopic (exact) mass is 479 g/mol. The zero-order chi connectivity index (χ0) is 24.9. The predicted octanol–water partition coefficient (Wildman–Crippen LogP) is 3.64. The fourth-order valence-corrected chi connectivity index (χ4v) is 4.07. The van der Waals surface area contributed by atoms with Gasteiger partial charge in [-0.2, -0.15) is 5.10 Å². The molecular weight excluding hydrogens is 446 g/mol. The number of aliphatic hydroxyl groups is 1. The lowest BCUT2D eigenvalue weighted by atomic mass is 10.1. The number of nitrogens with one attached hydrogen (secondary N) is 2. The molecule has 1 saturated carbocycles. The van der Waals surface area contributed by atoms with Gasteiger partial charge in [-0.05, 0) is 56.7 Å². The summed E-state index contributed by atoms with van der Waals surface area (Å²) in [5.74, 6) is 0.536. The van der Waals surface area contributed by atoms with Gasteiger partial charge in [0.2, 0.25) is 11.7 Å². The van der Waals surface area contributed by atoms with Crippen molar-refractivity contribution in [3.63, 3.8) is 0 Å². The Morgan fingerprint density at radius 1 is 1.14 bits per heavy atom. The average Bonchev–Trinajstić information content (AvgIpc) is 3.44. The first-order valence-electron chi connectivity index (χ1n) is 12.3. The van der Waals surface area contributed by atoms with E-state index in [1.807, 2.05) is 45.0 Å². The summed E-state index contributed by atoms with van der Waals surface area (Å²) in [6.45, 7) is 6.15. The normalized spacial score (nSPS) is 14.2. The van der Waals surface area contributed by atoms with Crippen molar-refractivity contribution in [1.82, 2.24) is 25.4 Å². The molecule has 3 N–H and O–H groups in total. The van der Waals surface area contributed by atoms with Crippen molar-refractivity contribution in [2.45, 2.75) is 65.1 Å². The Hall–Kier alpha value is -3.46. The van der Waals surface area contributed by atoms with E-state index in [4.69, 9.17) is 4.42 Å². The molecule has 3 aromatic rings. The highest BCUT2D eigenvalue weighted by Crippen LogP contribution is 2.32. The van der Waals surface area contributed by atoms with Crippen LogP contribution in [0.25, 0.3) is 22.7 Å². The summed E-state index contributed by atoms with van der Waals surface area (Å²) in [7, 11) is 0. The minimum atomic E-state index is -0.285. The van der Waals surface area contributed by atoms with Crippen molar-refractivity contribution in [2.75, 3.05) is 6.61 Å². The van der Waals surface area contributed by atoms with Crippen LogP contribution in [-0.2, 0) is 6.54 Å². The van der Waals surface area contributed by atoms with Gasteiger partial charge < -0.3 is 20.2 Å². The van der Waals surface area contributed by atoms with Crippen molar-refractivity contribution in [3.05, 3.63) is 48.0 Å². The van der Waals surface area contributed by atoms with E-state index in [1.165, 1.54) is 10.9 Å². The molecule has 0 spiro atoms. The van der Waals surface area contributed by atoms with E-state index in [0.29, 0.717) is 28.8 Å². The van der Waals surface area contributed by atoms with Crippen LogP contribution in [0.3, 0.4) is 0 Å². The van der Waals surface area contributed by atoms with E-state index >= 15 is 0 Å². The molecule has 4 rings (SSSR count). The van der Waals surface area contributed by atoms with Crippen molar-refractivity contribution >= 4 is 11.8 Å². The van der Waals surface area contributed by atoms with Gasteiger partial charge in [-0.25, -0.2) is 4.98 Å². The van der Waals surface area contributed by atoms with E-state index in [9.17, 15) is 14.7 Å². The molecule has 186 valence electrons. The Balaban J connectivity index is 1.55. The maximum atomic E-state index is 12.9. The van der Waals surface area contributed by atoms with Crippen molar-refractivity contribution in [3.8, 4) is 22.7 Å². The first kappa shape index (κ1) is 24.7. The summed E-state index contributed by atoms with van der Waals surface area (Å²) in [5.41, 5.74) is 2.46. The SMILES string of the molecule is CCC(CC)NC(=O)c1cnc(-c2cccc(-c3cc(C(=O)N[C@H](C)C4CC4)n(CCO)n3)c2)o1. The highest BCUT2D eigenvalue weighted by atomic mass is 16.4. The number of carbonyl (C=O) groups excluding carboxylic acids is 2. The smallest absolute Gasteiger partial charge is 0.288 e. The lowest BCUT2D eigenvalue weighted by molar-refractivity contribution is 0.0904. The highest BCUT2D eigenvalue weighted by molar-refractivity contribution is 5.94. The number of amides is 2. The van der Waals surface area contributed by atoms with Crippen LogP contribution in [0.2, 0.25) is 0 Å². The molecule has 2 aromatic heterocycles. The van der Waals surface area contributed by atoms with Crippen LogP contribution in [0.5, 0.6) is 0 Å². The van der Waals surface area contributed by atoms with Gasteiger partial charge in [0, 0.05) is 23.2 Å². The Morgan fingerprint density at radius 2 is 1.89 bits per heavy atom. The Kier molecular flexibility index (Phi) is 7.65. The highest BCUT2D eigenvalue weighted by Gasteiger charge is 2.30. The first-order valence-corrected chi connectivity index (χ1v) is 12.3. The minimum Gasteiger partial charge on any atom is -0.431 e. The number of oxazole rings is 1. The van der Waals surface area contributed by atoms with Crippen LogP contribution < -0.4 is 10.6 Å². The molecule has 0 aliphatic heterocycles. The van der Waals surface area contributed by atoms with E-state index in [1.54, 1.807) is 6.07 Å². The van der Waals surface area contributed by atoms with Crippen LogP contribution in [0.1, 0.15) is 67.5 Å². The van der Waals surface area contributed by atoms with Crippen LogP contribution in [0.15, 0.2) is 40.9 Å². The molecule has 1 atom stereocenters. The number of aliphatic hydroxyl groups excluding tert-OH is 1. The van der Waals surface area contributed by atoms with Crippen LogP contribution in [0.4, 0.5) is 0 Å². The van der Waals surface area contributed by atoms with Gasteiger partial charge in [-0.3, -0.25) is 14.3 Å². The summed E-state index contributed by atoms with van der Waals surface area (Å²) >= 11 is 0. The van der Waals surface area contributed by atoms with Gasteiger partial charge in [0.1, 0.15) is 5.69 Å². The molecule has 1 fully saturated rings. The summed E-state index contributed by atoms with van der Waals surface area (Å²) < 4.78 is 7.27. The lowest BCUT2D eigenvalue weighted by Crippen LogP contribution is -2.35. The molecule has 9 heteroatoms. The minimum absolute atomic E-state index is 0.0899. The van der Waals surface area contributed by atoms with Gasteiger partial charge in [-0.15, -0.1) is 0 Å². The predicted molar refractivity (Wildman–Crippen MR) is 132 cm³/mol. The van der Waals surface area contributed by atoms with E-state index in [0.717, 1.165) is 31.2 Å². The molecule has 0 saturated heterocycles. The van der Waals surface area contributed by atoms with Crippen molar-refractivity contribution in [2.24, 2.45) is 5.92 Å². The van der Waals surface area contributed by atoms with Crippen molar-refractivity contribution < 1.29 is 19.1 Å². The van der Waals surface area contributed by atoms with Gasteiger partial charge in [0.15, 0.2) is 0 Å². The third-order valence-corrected chi connectivity index (χ3v) is 6.47. The third-order valence-electron chi connectivity index (χ3n) is 6.47. The summed E-state index contributed by atoms with van der Waals surface area (Å²) in [6.07, 6.45) is 5.38. The van der Waals surface area contributed by atoms with Gasteiger partial charge in [-0.1, -0.05) is 26.0 Å². The molecule has 0 unspecified atom stereocenters. The molecule has 2 heterocycles. The molecule has 1 aliphatic rings. The molecular formula is C26H33N5O4.